The lowest BCUT2D eigenvalue weighted by atomic mass is 10.1. The molecule has 3 aromatic carbocycles. The molecule has 1 fully saturated rings. The van der Waals surface area contributed by atoms with Gasteiger partial charge in [-0.05, 0) is 68.8 Å². The molecule has 2 heterocycles. The minimum atomic E-state index is -0.506. The predicted molar refractivity (Wildman–Crippen MR) is 159 cm³/mol. The Morgan fingerprint density at radius 1 is 0.925 bits per heavy atom. The van der Waals surface area contributed by atoms with Crippen molar-refractivity contribution >= 4 is 51.9 Å². The number of furan rings is 1. The van der Waals surface area contributed by atoms with Gasteiger partial charge in [-0.2, -0.15) is 0 Å². The van der Waals surface area contributed by atoms with Gasteiger partial charge >= 0.3 is 6.09 Å². The third-order valence-corrected chi connectivity index (χ3v) is 7.43. The zero-order valence-electron chi connectivity index (χ0n) is 22.7. The summed E-state index contributed by atoms with van der Waals surface area (Å²) in [6.45, 7) is 9.11. The monoisotopic (exact) mass is 579 g/mol. The van der Waals surface area contributed by atoms with Crippen molar-refractivity contribution in [1.82, 2.24) is 9.80 Å². The van der Waals surface area contributed by atoms with Crippen LogP contribution in [0.15, 0.2) is 71.1 Å². The van der Waals surface area contributed by atoms with Crippen LogP contribution in [0.25, 0.3) is 22.3 Å². The molecule has 0 aliphatic carbocycles. The molecule has 0 unspecified atom stereocenters. The number of carbonyl (C=O) groups excluding carboxylic acids is 2. The molecule has 0 bridgehead atoms. The average Bonchev–Trinajstić information content (AvgIpc) is 3.35. The maximum atomic E-state index is 13.0. The fourth-order valence-electron chi connectivity index (χ4n) is 4.69. The van der Waals surface area contributed by atoms with Gasteiger partial charge in [0.25, 0.3) is 5.91 Å². The molecule has 0 saturated carbocycles. The van der Waals surface area contributed by atoms with E-state index in [9.17, 15) is 9.59 Å². The van der Waals surface area contributed by atoms with Crippen LogP contribution in [0.5, 0.6) is 0 Å². The highest BCUT2D eigenvalue weighted by atomic mass is 35.5. The van der Waals surface area contributed by atoms with Crippen molar-refractivity contribution in [3.05, 3.63) is 87.9 Å². The van der Waals surface area contributed by atoms with E-state index in [0.29, 0.717) is 40.1 Å². The first-order valence-corrected chi connectivity index (χ1v) is 13.9. The van der Waals surface area contributed by atoms with E-state index < -0.39 is 5.60 Å². The van der Waals surface area contributed by atoms with Crippen LogP contribution in [0, 0.1) is 0 Å². The van der Waals surface area contributed by atoms with Crippen molar-refractivity contribution in [2.24, 2.45) is 0 Å². The average molecular weight is 581 g/mol. The summed E-state index contributed by atoms with van der Waals surface area (Å²) < 4.78 is 11.8. The molecule has 0 atom stereocenters. The van der Waals surface area contributed by atoms with Crippen LogP contribution < -0.4 is 5.32 Å². The number of anilines is 1. The Balaban J connectivity index is 1.32. The topological polar surface area (TPSA) is 75.0 Å². The van der Waals surface area contributed by atoms with Gasteiger partial charge in [0.05, 0.1) is 15.7 Å². The van der Waals surface area contributed by atoms with Crippen LogP contribution in [0.2, 0.25) is 10.0 Å². The summed E-state index contributed by atoms with van der Waals surface area (Å²) in [4.78, 5) is 29.5. The highest BCUT2D eigenvalue weighted by molar-refractivity contribution is 6.42. The highest BCUT2D eigenvalue weighted by Crippen LogP contribution is 2.35. The van der Waals surface area contributed by atoms with Gasteiger partial charge in [-0.1, -0.05) is 47.5 Å². The number of benzene rings is 3. The Morgan fingerprint density at radius 2 is 1.68 bits per heavy atom. The maximum absolute atomic E-state index is 13.0. The number of rotatable bonds is 5. The van der Waals surface area contributed by atoms with Crippen LogP contribution in [0.1, 0.15) is 36.7 Å². The molecule has 4 aromatic rings. The van der Waals surface area contributed by atoms with Crippen molar-refractivity contribution in [2.75, 3.05) is 31.5 Å². The fraction of sp³-hybridized carbons (Fsp3) is 0.290. The van der Waals surface area contributed by atoms with Crippen molar-refractivity contribution in [1.29, 1.82) is 0 Å². The molecule has 9 heteroatoms. The van der Waals surface area contributed by atoms with E-state index in [2.05, 4.69) is 16.3 Å². The Kier molecular flexibility index (Phi) is 8.08. The van der Waals surface area contributed by atoms with Gasteiger partial charge in [0.2, 0.25) is 0 Å². The number of nitrogens with one attached hydrogen (secondary N) is 1. The number of para-hydroxylation sites is 1. The molecule has 2 amide bonds. The normalized spacial score (nSPS) is 14.4. The first kappa shape index (κ1) is 28.0. The molecule has 40 heavy (non-hydrogen) atoms. The Morgan fingerprint density at radius 3 is 2.40 bits per heavy atom. The lowest BCUT2D eigenvalue weighted by Gasteiger charge is -2.35. The van der Waals surface area contributed by atoms with Crippen molar-refractivity contribution in [3.8, 4) is 11.3 Å². The Bertz CT molecular complexity index is 1550. The summed E-state index contributed by atoms with van der Waals surface area (Å²) in [7, 11) is 0. The predicted octanol–water partition coefficient (Wildman–Crippen LogP) is 7.71. The summed E-state index contributed by atoms with van der Waals surface area (Å²) in [6.07, 6.45) is -0.265. The van der Waals surface area contributed by atoms with Crippen LogP contribution in [-0.2, 0) is 11.3 Å². The second-order valence-corrected chi connectivity index (χ2v) is 11.6. The first-order chi connectivity index (χ1) is 19.1. The van der Waals surface area contributed by atoms with E-state index in [0.717, 1.165) is 41.7 Å². The lowest BCUT2D eigenvalue weighted by molar-refractivity contribution is 0.0139. The van der Waals surface area contributed by atoms with Crippen LogP contribution in [0.3, 0.4) is 0 Å². The molecule has 1 N–H and O–H groups in total. The third-order valence-electron chi connectivity index (χ3n) is 6.69. The number of nitrogens with zero attached hydrogens (tertiary/aromatic N) is 2. The van der Waals surface area contributed by atoms with Gasteiger partial charge in [0, 0.05) is 49.2 Å². The summed E-state index contributed by atoms with van der Waals surface area (Å²) in [6, 6.07) is 20.3. The number of amides is 2. The molecule has 208 valence electrons. The number of carbonyl (C=O) groups is 2. The molecular formula is C31H31Cl2N3O4. The molecule has 1 saturated heterocycles. The number of ether oxygens (including phenoxy) is 1. The molecule has 7 nitrogen and oxygen atoms in total. The number of hydrogen-bond acceptors (Lipinski definition) is 5. The zero-order valence-corrected chi connectivity index (χ0v) is 24.2. The highest BCUT2D eigenvalue weighted by Gasteiger charge is 2.26. The van der Waals surface area contributed by atoms with Gasteiger partial charge in [-0.3, -0.25) is 9.69 Å². The van der Waals surface area contributed by atoms with Crippen molar-refractivity contribution in [2.45, 2.75) is 32.9 Å². The van der Waals surface area contributed by atoms with E-state index in [1.807, 2.05) is 63.2 Å². The van der Waals surface area contributed by atoms with Gasteiger partial charge in [0.1, 0.15) is 16.9 Å². The molecular weight excluding hydrogens is 549 g/mol. The van der Waals surface area contributed by atoms with E-state index in [1.54, 1.807) is 23.1 Å². The van der Waals surface area contributed by atoms with Gasteiger partial charge in [-0.15, -0.1) is 0 Å². The maximum Gasteiger partial charge on any atom is 0.410 e. The number of hydrogen-bond donors (Lipinski definition) is 1. The summed E-state index contributed by atoms with van der Waals surface area (Å²) in [5.74, 6) is 0.357. The minimum absolute atomic E-state index is 0.265. The molecule has 5 rings (SSSR count). The number of fused-ring (bicyclic) bond motifs is 1. The van der Waals surface area contributed by atoms with Gasteiger partial charge in [0.15, 0.2) is 0 Å². The Labute approximate surface area is 243 Å². The minimum Gasteiger partial charge on any atom is -0.456 e. The van der Waals surface area contributed by atoms with Crippen molar-refractivity contribution in [3.63, 3.8) is 0 Å². The smallest absolute Gasteiger partial charge is 0.410 e. The standard InChI is InChI=1S/C31H31Cl2N3O4/c1-31(2,3)40-30(38)36-15-13-35(14-16-36)19-21-7-6-10-27-23(21)18-28(39-27)22-8-4-5-9-26(22)34-29(37)20-11-12-24(32)25(33)17-20/h4-12,17-18H,13-16,19H2,1-3H3,(H,34,37). The lowest BCUT2D eigenvalue weighted by Crippen LogP contribution is -2.49. The zero-order chi connectivity index (χ0) is 28.4. The second-order valence-electron chi connectivity index (χ2n) is 10.8. The quantitative estimate of drug-likeness (QED) is 0.262. The van der Waals surface area contributed by atoms with Crippen LogP contribution in [-0.4, -0.2) is 53.6 Å². The number of halogens is 2. The Hall–Kier alpha value is -3.52. The van der Waals surface area contributed by atoms with Gasteiger partial charge < -0.3 is 19.4 Å². The third kappa shape index (κ3) is 6.44. The summed E-state index contributed by atoms with van der Waals surface area (Å²) in [5, 5.41) is 4.69. The van der Waals surface area contributed by atoms with Crippen LogP contribution >= 0.6 is 23.2 Å². The largest absolute Gasteiger partial charge is 0.456 e. The summed E-state index contributed by atoms with van der Waals surface area (Å²) >= 11 is 12.1. The van der Waals surface area contributed by atoms with Crippen LogP contribution in [0.4, 0.5) is 10.5 Å². The van der Waals surface area contributed by atoms with Gasteiger partial charge in [-0.25, -0.2) is 4.79 Å². The SMILES string of the molecule is CC(C)(C)OC(=O)N1CCN(Cc2cccc3oc(-c4ccccc4NC(=O)c4ccc(Cl)c(Cl)c4)cc23)CC1. The molecule has 1 aromatic heterocycles. The van der Waals surface area contributed by atoms with Crippen molar-refractivity contribution < 1.29 is 18.7 Å². The molecule has 0 radical (unpaired) electrons. The first-order valence-electron chi connectivity index (χ1n) is 13.1. The molecule has 1 aliphatic rings. The number of piperazine rings is 1. The molecule has 1 aliphatic heterocycles. The van der Waals surface area contributed by atoms with E-state index in [-0.39, 0.29) is 12.0 Å². The fourth-order valence-corrected chi connectivity index (χ4v) is 4.98. The summed E-state index contributed by atoms with van der Waals surface area (Å²) in [5.41, 5.74) is 3.19. The molecule has 0 spiro atoms. The second kappa shape index (κ2) is 11.5. The van der Waals surface area contributed by atoms with E-state index in [1.165, 1.54) is 0 Å². The van der Waals surface area contributed by atoms with E-state index >= 15 is 0 Å². The van der Waals surface area contributed by atoms with E-state index in [4.69, 9.17) is 32.4 Å².